The summed E-state index contributed by atoms with van der Waals surface area (Å²) in [6, 6.07) is 20.3. The van der Waals surface area contributed by atoms with Crippen LogP contribution in [0.3, 0.4) is 0 Å². The average molecular weight is 427 g/mol. The van der Waals surface area contributed by atoms with Gasteiger partial charge >= 0.3 is 0 Å². The first-order chi connectivity index (χ1) is 14.0. The summed E-state index contributed by atoms with van der Waals surface area (Å²) in [5.74, 6) is 0.982. The highest BCUT2D eigenvalue weighted by atomic mass is 35.5. The number of benzene rings is 3. The number of nitrogens with one attached hydrogen (secondary N) is 1. The predicted octanol–water partition coefficient (Wildman–Crippen LogP) is 5.93. The van der Waals surface area contributed by atoms with Crippen LogP contribution in [0.4, 0.5) is 0 Å². The zero-order chi connectivity index (χ0) is 20.4. The Bertz CT molecular complexity index is 1050. The summed E-state index contributed by atoms with van der Waals surface area (Å²) in [4.78, 5) is 4.93. The first-order valence-corrected chi connectivity index (χ1v) is 10.0. The van der Waals surface area contributed by atoms with Crippen molar-refractivity contribution in [2.24, 2.45) is 4.99 Å². The molecule has 1 aliphatic rings. The predicted molar refractivity (Wildman–Crippen MR) is 117 cm³/mol. The standard InChI is InChI=1S/C23H20Cl2N2O2/c1-29-16-9-6-14(7-10-16)20-13-21(18-12-15(24)8-11-22(18)28)27-23(26-20)17-4-2-3-5-19(17)25/h2-12,21,23,27-28H,13H2,1H3. The number of hydrogen-bond acceptors (Lipinski definition) is 4. The molecular weight excluding hydrogens is 407 g/mol. The van der Waals surface area contributed by atoms with E-state index in [0.717, 1.165) is 28.2 Å². The molecule has 4 nitrogen and oxygen atoms in total. The maximum Gasteiger partial charge on any atom is 0.127 e. The van der Waals surface area contributed by atoms with Crippen molar-refractivity contribution in [3.05, 3.63) is 93.5 Å². The van der Waals surface area contributed by atoms with Gasteiger partial charge in [0.05, 0.1) is 7.11 Å². The number of aromatic hydroxyl groups is 1. The molecule has 0 aliphatic carbocycles. The van der Waals surface area contributed by atoms with Gasteiger partial charge in [-0.05, 0) is 54.1 Å². The Labute approximate surface area is 179 Å². The Morgan fingerprint density at radius 2 is 1.76 bits per heavy atom. The van der Waals surface area contributed by atoms with Crippen LogP contribution in [0.1, 0.15) is 35.3 Å². The van der Waals surface area contributed by atoms with Gasteiger partial charge in [-0.25, -0.2) is 0 Å². The molecule has 0 saturated heterocycles. The number of halogens is 2. The van der Waals surface area contributed by atoms with Crippen molar-refractivity contribution < 1.29 is 9.84 Å². The molecular formula is C23H20Cl2N2O2. The molecule has 1 aliphatic heterocycles. The third kappa shape index (κ3) is 4.25. The quantitative estimate of drug-likeness (QED) is 0.543. The molecule has 0 aromatic heterocycles. The molecule has 0 bridgehead atoms. The van der Waals surface area contributed by atoms with Crippen LogP contribution in [0.25, 0.3) is 0 Å². The second-order valence-corrected chi connectivity index (χ2v) is 7.70. The molecule has 2 N–H and O–H groups in total. The van der Waals surface area contributed by atoms with Crippen molar-refractivity contribution in [3.8, 4) is 11.5 Å². The summed E-state index contributed by atoms with van der Waals surface area (Å²) in [7, 11) is 1.64. The van der Waals surface area contributed by atoms with Crippen molar-refractivity contribution in [1.29, 1.82) is 0 Å². The fourth-order valence-corrected chi connectivity index (χ4v) is 3.94. The van der Waals surface area contributed by atoms with Crippen molar-refractivity contribution in [1.82, 2.24) is 5.32 Å². The summed E-state index contributed by atoms with van der Waals surface area (Å²) < 4.78 is 5.26. The molecule has 0 fully saturated rings. The van der Waals surface area contributed by atoms with Crippen molar-refractivity contribution >= 4 is 28.9 Å². The molecule has 3 aromatic rings. The number of ether oxygens (including phenoxy) is 1. The summed E-state index contributed by atoms with van der Waals surface area (Å²) in [6.45, 7) is 0. The van der Waals surface area contributed by atoms with Gasteiger partial charge in [0, 0.05) is 39.3 Å². The van der Waals surface area contributed by atoms with E-state index < -0.39 is 0 Å². The first kappa shape index (κ1) is 19.8. The Morgan fingerprint density at radius 1 is 1.00 bits per heavy atom. The Morgan fingerprint density at radius 3 is 2.48 bits per heavy atom. The summed E-state index contributed by atoms with van der Waals surface area (Å²) >= 11 is 12.6. The molecule has 0 spiro atoms. The van der Waals surface area contributed by atoms with Gasteiger partial charge in [-0.15, -0.1) is 0 Å². The van der Waals surface area contributed by atoms with Crippen LogP contribution in [0.5, 0.6) is 11.5 Å². The Hall–Kier alpha value is -2.53. The van der Waals surface area contributed by atoms with E-state index in [1.165, 1.54) is 0 Å². The van der Waals surface area contributed by atoms with Gasteiger partial charge in [0.1, 0.15) is 17.7 Å². The number of hydrogen-bond donors (Lipinski definition) is 2. The van der Waals surface area contributed by atoms with Gasteiger partial charge in [-0.3, -0.25) is 10.3 Å². The number of rotatable bonds is 4. The third-order valence-corrected chi connectivity index (χ3v) is 5.61. The number of nitrogens with zero attached hydrogens (tertiary/aromatic N) is 1. The lowest BCUT2D eigenvalue weighted by Crippen LogP contribution is -2.33. The minimum absolute atomic E-state index is 0.176. The number of phenolic OH excluding ortho intramolecular Hbond substituents is 1. The second kappa shape index (κ2) is 8.46. The third-order valence-electron chi connectivity index (χ3n) is 5.03. The van der Waals surface area contributed by atoms with Gasteiger partial charge in [0.2, 0.25) is 0 Å². The highest BCUT2D eigenvalue weighted by Crippen LogP contribution is 2.37. The Kier molecular flexibility index (Phi) is 5.76. The normalized spacial score (nSPS) is 18.9. The number of methoxy groups -OCH3 is 1. The molecule has 2 atom stereocenters. The van der Waals surface area contributed by atoms with Crippen LogP contribution in [-0.2, 0) is 0 Å². The lowest BCUT2D eigenvalue weighted by atomic mass is 9.93. The SMILES string of the molecule is COc1ccc(C2=NC(c3ccccc3Cl)NC(c3cc(Cl)ccc3O)C2)cc1. The van der Waals surface area contributed by atoms with Gasteiger partial charge in [0.25, 0.3) is 0 Å². The van der Waals surface area contributed by atoms with E-state index in [1.54, 1.807) is 25.3 Å². The lowest BCUT2D eigenvalue weighted by molar-refractivity contribution is 0.412. The van der Waals surface area contributed by atoms with Crippen LogP contribution >= 0.6 is 23.2 Å². The molecule has 1 heterocycles. The van der Waals surface area contributed by atoms with E-state index in [4.69, 9.17) is 32.9 Å². The zero-order valence-electron chi connectivity index (χ0n) is 15.8. The zero-order valence-corrected chi connectivity index (χ0v) is 17.3. The van der Waals surface area contributed by atoms with Crippen molar-refractivity contribution in [2.75, 3.05) is 7.11 Å². The molecule has 3 aromatic carbocycles. The lowest BCUT2D eigenvalue weighted by Gasteiger charge is -2.31. The van der Waals surface area contributed by atoms with Gasteiger partial charge in [-0.1, -0.05) is 41.4 Å². The van der Waals surface area contributed by atoms with Crippen LogP contribution in [0, 0.1) is 0 Å². The summed E-state index contributed by atoms with van der Waals surface area (Å²) in [6.07, 6.45) is 0.249. The highest BCUT2D eigenvalue weighted by Gasteiger charge is 2.28. The van der Waals surface area contributed by atoms with E-state index in [-0.39, 0.29) is 18.0 Å². The highest BCUT2D eigenvalue weighted by molar-refractivity contribution is 6.31. The van der Waals surface area contributed by atoms with Crippen molar-refractivity contribution in [2.45, 2.75) is 18.6 Å². The van der Waals surface area contributed by atoms with E-state index in [0.29, 0.717) is 16.5 Å². The monoisotopic (exact) mass is 426 g/mol. The fraction of sp³-hybridized carbons (Fsp3) is 0.174. The number of aliphatic imine (C=N–C) groups is 1. The van der Waals surface area contributed by atoms with Gasteiger partial charge in [-0.2, -0.15) is 0 Å². The van der Waals surface area contributed by atoms with E-state index in [2.05, 4.69) is 5.32 Å². The molecule has 0 saturated carbocycles. The van der Waals surface area contributed by atoms with Gasteiger partial charge < -0.3 is 9.84 Å². The molecule has 29 heavy (non-hydrogen) atoms. The molecule has 2 unspecified atom stereocenters. The van der Waals surface area contributed by atoms with Crippen LogP contribution < -0.4 is 10.1 Å². The second-order valence-electron chi connectivity index (χ2n) is 6.85. The Balaban J connectivity index is 1.77. The maximum absolute atomic E-state index is 10.4. The fourth-order valence-electron chi connectivity index (χ4n) is 3.52. The van der Waals surface area contributed by atoms with Crippen LogP contribution in [0.2, 0.25) is 10.0 Å². The molecule has 6 heteroatoms. The molecule has 148 valence electrons. The summed E-state index contributed by atoms with van der Waals surface area (Å²) in [5.41, 5.74) is 3.53. The first-order valence-electron chi connectivity index (χ1n) is 9.25. The molecule has 0 radical (unpaired) electrons. The van der Waals surface area contributed by atoms with E-state index in [9.17, 15) is 5.11 Å². The van der Waals surface area contributed by atoms with Gasteiger partial charge in [0.15, 0.2) is 0 Å². The van der Waals surface area contributed by atoms with E-state index >= 15 is 0 Å². The molecule has 4 rings (SSSR count). The maximum atomic E-state index is 10.4. The molecule has 0 amide bonds. The van der Waals surface area contributed by atoms with Crippen LogP contribution in [0.15, 0.2) is 71.7 Å². The topological polar surface area (TPSA) is 53.8 Å². The largest absolute Gasteiger partial charge is 0.508 e. The average Bonchev–Trinajstić information content (AvgIpc) is 2.75. The van der Waals surface area contributed by atoms with E-state index in [1.807, 2.05) is 48.5 Å². The smallest absolute Gasteiger partial charge is 0.127 e. The van der Waals surface area contributed by atoms with Crippen LogP contribution in [-0.4, -0.2) is 17.9 Å². The minimum Gasteiger partial charge on any atom is -0.508 e. The minimum atomic E-state index is -0.349. The number of phenols is 1. The summed E-state index contributed by atoms with van der Waals surface area (Å²) in [5, 5.41) is 15.2. The van der Waals surface area contributed by atoms with Crippen molar-refractivity contribution in [3.63, 3.8) is 0 Å².